The Balaban J connectivity index is 1.96. The summed E-state index contributed by atoms with van der Waals surface area (Å²) in [6.45, 7) is 0.475. The van der Waals surface area contributed by atoms with Crippen molar-refractivity contribution < 1.29 is 14.7 Å². The lowest BCUT2D eigenvalue weighted by molar-refractivity contribution is -0.137. The average Bonchev–Trinajstić information content (AvgIpc) is 2.45. The van der Waals surface area contributed by atoms with Crippen LogP contribution in [0.25, 0.3) is 10.9 Å². The van der Waals surface area contributed by atoms with Gasteiger partial charge in [-0.1, -0.05) is 18.2 Å². The number of carboxylic acid groups (broad SMARTS) is 1. The van der Waals surface area contributed by atoms with Gasteiger partial charge in [-0.2, -0.15) is 0 Å². The third kappa shape index (κ3) is 3.54. The third-order valence-electron chi connectivity index (χ3n) is 3.00. The van der Waals surface area contributed by atoms with Crippen LogP contribution in [-0.4, -0.2) is 28.5 Å². The Hall–Kier alpha value is -2.43. The minimum absolute atomic E-state index is 0.133. The van der Waals surface area contributed by atoms with Crippen LogP contribution in [0.1, 0.15) is 29.6 Å². The topological polar surface area (TPSA) is 79.3 Å². The van der Waals surface area contributed by atoms with Crippen molar-refractivity contribution in [1.29, 1.82) is 0 Å². The van der Waals surface area contributed by atoms with E-state index in [-0.39, 0.29) is 12.3 Å². The Morgan fingerprint density at radius 1 is 1.15 bits per heavy atom. The average molecular weight is 272 g/mol. The van der Waals surface area contributed by atoms with Gasteiger partial charge in [-0.3, -0.25) is 14.6 Å². The molecule has 20 heavy (non-hydrogen) atoms. The number of nitrogens with one attached hydrogen (secondary N) is 1. The number of carbonyl (C=O) groups is 2. The molecule has 0 aliphatic heterocycles. The maximum absolute atomic E-state index is 12.1. The first-order valence-corrected chi connectivity index (χ1v) is 6.52. The first-order chi connectivity index (χ1) is 9.68. The summed E-state index contributed by atoms with van der Waals surface area (Å²) in [7, 11) is 0. The van der Waals surface area contributed by atoms with Gasteiger partial charge in [0.25, 0.3) is 5.91 Å². The zero-order valence-electron chi connectivity index (χ0n) is 11.0. The number of carbonyl (C=O) groups excluding carboxylic acids is 1. The number of aliphatic carboxylic acids is 1. The Morgan fingerprint density at radius 2 is 1.95 bits per heavy atom. The van der Waals surface area contributed by atoms with Gasteiger partial charge in [-0.25, -0.2) is 0 Å². The second-order valence-electron chi connectivity index (χ2n) is 4.48. The molecule has 0 unspecified atom stereocenters. The van der Waals surface area contributed by atoms with E-state index < -0.39 is 5.97 Å². The summed E-state index contributed by atoms with van der Waals surface area (Å²) < 4.78 is 0. The normalized spacial score (nSPS) is 10.4. The highest BCUT2D eigenvalue weighted by atomic mass is 16.4. The summed E-state index contributed by atoms with van der Waals surface area (Å²) in [4.78, 5) is 26.7. The Labute approximate surface area is 116 Å². The molecule has 5 nitrogen and oxygen atoms in total. The molecule has 1 heterocycles. The van der Waals surface area contributed by atoms with E-state index >= 15 is 0 Å². The first-order valence-electron chi connectivity index (χ1n) is 6.52. The van der Waals surface area contributed by atoms with Gasteiger partial charge in [-0.15, -0.1) is 0 Å². The monoisotopic (exact) mass is 272 g/mol. The van der Waals surface area contributed by atoms with E-state index in [9.17, 15) is 9.59 Å². The van der Waals surface area contributed by atoms with E-state index in [1.54, 1.807) is 12.3 Å². The lowest BCUT2D eigenvalue weighted by Crippen LogP contribution is -2.24. The van der Waals surface area contributed by atoms with Crippen molar-refractivity contribution in [2.75, 3.05) is 6.54 Å². The number of pyridine rings is 1. The van der Waals surface area contributed by atoms with Gasteiger partial charge in [0.05, 0.1) is 11.1 Å². The van der Waals surface area contributed by atoms with Crippen molar-refractivity contribution >= 4 is 22.8 Å². The van der Waals surface area contributed by atoms with E-state index in [2.05, 4.69) is 10.3 Å². The van der Waals surface area contributed by atoms with Crippen molar-refractivity contribution in [2.24, 2.45) is 0 Å². The number of aromatic nitrogens is 1. The van der Waals surface area contributed by atoms with Gasteiger partial charge in [-0.05, 0) is 25.0 Å². The lowest BCUT2D eigenvalue weighted by Gasteiger charge is -2.07. The van der Waals surface area contributed by atoms with Gasteiger partial charge in [0, 0.05) is 24.5 Å². The highest BCUT2D eigenvalue weighted by Crippen LogP contribution is 2.15. The summed E-state index contributed by atoms with van der Waals surface area (Å²) in [5.74, 6) is -0.963. The molecule has 1 amide bonds. The van der Waals surface area contributed by atoms with Crippen LogP contribution in [0.4, 0.5) is 0 Å². The van der Waals surface area contributed by atoms with E-state index in [0.29, 0.717) is 24.9 Å². The highest BCUT2D eigenvalue weighted by Gasteiger charge is 2.09. The van der Waals surface area contributed by atoms with E-state index in [0.717, 1.165) is 10.9 Å². The summed E-state index contributed by atoms with van der Waals surface area (Å²) in [5, 5.41) is 12.1. The van der Waals surface area contributed by atoms with Crippen molar-refractivity contribution in [3.8, 4) is 0 Å². The molecule has 1 aromatic carbocycles. The van der Waals surface area contributed by atoms with Crippen molar-refractivity contribution in [1.82, 2.24) is 10.3 Å². The number of unbranched alkanes of at least 4 members (excludes halogenated alkanes) is 1. The molecule has 0 atom stereocenters. The Morgan fingerprint density at radius 3 is 2.75 bits per heavy atom. The van der Waals surface area contributed by atoms with Crippen LogP contribution in [-0.2, 0) is 4.79 Å². The third-order valence-corrected chi connectivity index (χ3v) is 3.00. The largest absolute Gasteiger partial charge is 0.481 e. The van der Waals surface area contributed by atoms with E-state index in [1.165, 1.54) is 0 Å². The molecular formula is C15H16N2O3. The molecule has 0 bridgehead atoms. The van der Waals surface area contributed by atoms with Gasteiger partial charge < -0.3 is 10.4 Å². The zero-order valence-corrected chi connectivity index (χ0v) is 11.0. The standard InChI is InChI=1S/C15H16N2O3/c18-14(19)7-3-4-9-17-15(20)12-8-10-16-13-6-2-1-5-11(12)13/h1-2,5-6,8,10H,3-4,7,9H2,(H,17,20)(H,18,19). The minimum atomic E-state index is -0.809. The fourth-order valence-corrected chi connectivity index (χ4v) is 1.99. The number of amides is 1. The summed E-state index contributed by atoms with van der Waals surface area (Å²) in [5.41, 5.74) is 1.37. The zero-order chi connectivity index (χ0) is 14.4. The summed E-state index contributed by atoms with van der Waals surface area (Å²) in [6, 6.07) is 9.16. The molecule has 2 rings (SSSR count). The highest BCUT2D eigenvalue weighted by molar-refractivity contribution is 6.05. The fraction of sp³-hybridized carbons (Fsp3) is 0.267. The van der Waals surface area contributed by atoms with Crippen LogP contribution in [0, 0.1) is 0 Å². The fourth-order valence-electron chi connectivity index (χ4n) is 1.99. The number of fused-ring (bicyclic) bond motifs is 1. The van der Waals surface area contributed by atoms with E-state index in [1.807, 2.05) is 24.3 Å². The SMILES string of the molecule is O=C(O)CCCCNC(=O)c1ccnc2ccccc12. The molecule has 0 radical (unpaired) electrons. The molecule has 2 N–H and O–H groups in total. The number of hydrogen-bond donors (Lipinski definition) is 2. The van der Waals surface area contributed by atoms with Crippen LogP contribution < -0.4 is 5.32 Å². The predicted molar refractivity (Wildman–Crippen MR) is 75.6 cm³/mol. The first kappa shape index (κ1) is 14.0. The number of carboxylic acids is 1. The molecule has 1 aromatic heterocycles. The van der Waals surface area contributed by atoms with Crippen molar-refractivity contribution in [3.05, 3.63) is 42.1 Å². The molecule has 0 aliphatic rings. The Kier molecular flexibility index (Phi) is 4.65. The maximum Gasteiger partial charge on any atom is 0.303 e. The maximum atomic E-state index is 12.1. The molecule has 0 aliphatic carbocycles. The summed E-state index contributed by atoms with van der Waals surface area (Å²) >= 11 is 0. The second kappa shape index (κ2) is 6.65. The molecule has 104 valence electrons. The number of benzene rings is 1. The molecule has 5 heteroatoms. The number of rotatable bonds is 6. The van der Waals surface area contributed by atoms with Gasteiger partial charge >= 0.3 is 5.97 Å². The number of nitrogens with zero attached hydrogens (tertiary/aromatic N) is 1. The Bertz CT molecular complexity index is 620. The van der Waals surface area contributed by atoms with Gasteiger partial charge in [0.1, 0.15) is 0 Å². The lowest BCUT2D eigenvalue weighted by atomic mass is 10.1. The number of hydrogen-bond acceptors (Lipinski definition) is 3. The van der Waals surface area contributed by atoms with Crippen molar-refractivity contribution in [2.45, 2.75) is 19.3 Å². The molecule has 0 fully saturated rings. The van der Waals surface area contributed by atoms with Crippen molar-refractivity contribution in [3.63, 3.8) is 0 Å². The van der Waals surface area contributed by atoms with E-state index in [4.69, 9.17) is 5.11 Å². The van der Waals surface area contributed by atoms with Gasteiger partial charge in [0.15, 0.2) is 0 Å². The molecular weight excluding hydrogens is 256 g/mol. The molecule has 0 saturated heterocycles. The summed E-state index contributed by atoms with van der Waals surface area (Å²) in [6.07, 6.45) is 2.96. The molecule has 0 spiro atoms. The van der Waals surface area contributed by atoms with Crippen LogP contribution in [0.2, 0.25) is 0 Å². The van der Waals surface area contributed by atoms with Crippen LogP contribution in [0.3, 0.4) is 0 Å². The second-order valence-corrected chi connectivity index (χ2v) is 4.48. The smallest absolute Gasteiger partial charge is 0.303 e. The number of para-hydroxylation sites is 1. The van der Waals surface area contributed by atoms with Gasteiger partial charge in [0.2, 0.25) is 0 Å². The predicted octanol–water partition coefficient (Wildman–Crippen LogP) is 2.22. The van der Waals surface area contributed by atoms with Crippen LogP contribution in [0.5, 0.6) is 0 Å². The molecule has 0 saturated carbocycles. The molecule has 2 aromatic rings. The quantitative estimate of drug-likeness (QED) is 0.790. The van der Waals surface area contributed by atoms with Crippen LogP contribution in [0.15, 0.2) is 36.5 Å². The minimum Gasteiger partial charge on any atom is -0.481 e. The van der Waals surface area contributed by atoms with Crippen LogP contribution >= 0.6 is 0 Å².